The van der Waals surface area contributed by atoms with E-state index < -0.39 is 5.60 Å². The Kier molecular flexibility index (Phi) is 8.41. The third-order valence-corrected chi connectivity index (χ3v) is 2.23. The molecule has 0 aromatic heterocycles. The monoisotopic (exact) mass is 257 g/mol. The van der Waals surface area contributed by atoms with E-state index >= 15 is 0 Å². The maximum Gasteiger partial charge on any atom is 0.407 e. The average Bonchev–Trinajstić information content (AvgIpc) is 2.24. The van der Waals surface area contributed by atoms with E-state index in [1.165, 1.54) is 0 Å². The minimum atomic E-state index is -0.459. The van der Waals surface area contributed by atoms with Crippen LogP contribution < -0.4 is 16.4 Å². The zero-order valence-corrected chi connectivity index (χ0v) is 11.8. The van der Waals surface area contributed by atoms with Crippen LogP contribution in [-0.4, -0.2) is 37.4 Å². The summed E-state index contributed by atoms with van der Waals surface area (Å²) < 4.78 is 5.14. The van der Waals surface area contributed by atoms with Crippen LogP contribution in [0.4, 0.5) is 4.79 Å². The van der Waals surface area contributed by atoms with Crippen LogP contribution in [0.15, 0.2) is 12.7 Å². The molecular formula is C13H27N3O2. The zero-order valence-electron chi connectivity index (χ0n) is 11.8. The van der Waals surface area contributed by atoms with Crippen LogP contribution in [0.5, 0.6) is 0 Å². The smallest absolute Gasteiger partial charge is 0.407 e. The highest BCUT2D eigenvalue weighted by molar-refractivity contribution is 5.67. The summed E-state index contributed by atoms with van der Waals surface area (Å²) in [5, 5.41) is 6.02. The molecule has 0 radical (unpaired) electrons. The fourth-order valence-corrected chi connectivity index (χ4v) is 1.36. The Morgan fingerprint density at radius 1 is 1.44 bits per heavy atom. The van der Waals surface area contributed by atoms with Crippen molar-refractivity contribution in [1.29, 1.82) is 0 Å². The first kappa shape index (κ1) is 16.9. The molecule has 5 heteroatoms. The van der Waals surface area contributed by atoms with Crippen molar-refractivity contribution in [2.75, 3.05) is 19.6 Å². The third-order valence-electron chi connectivity index (χ3n) is 2.23. The lowest BCUT2D eigenvalue weighted by Crippen LogP contribution is -2.40. The molecular weight excluding hydrogens is 230 g/mol. The van der Waals surface area contributed by atoms with E-state index in [4.69, 9.17) is 10.5 Å². The minimum absolute atomic E-state index is 0.208. The largest absolute Gasteiger partial charge is 0.444 e. The SMILES string of the molecule is C=CCCNC(CN)CCNC(=O)OC(C)(C)C. The molecule has 106 valence electrons. The highest BCUT2D eigenvalue weighted by Gasteiger charge is 2.15. The fraction of sp³-hybridized carbons (Fsp3) is 0.769. The Morgan fingerprint density at radius 3 is 2.61 bits per heavy atom. The number of carbonyl (C=O) groups excluding carboxylic acids is 1. The first-order valence-electron chi connectivity index (χ1n) is 6.40. The van der Waals surface area contributed by atoms with Gasteiger partial charge in [-0.15, -0.1) is 6.58 Å². The van der Waals surface area contributed by atoms with Gasteiger partial charge in [-0.3, -0.25) is 0 Å². The molecule has 0 bridgehead atoms. The minimum Gasteiger partial charge on any atom is -0.444 e. The van der Waals surface area contributed by atoms with Crippen LogP contribution in [-0.2, 0) is 4.74 Å². The Labute approximate surface area is 110 Å². The Bertz CT molecular complexity index is 249. The molecule has 0 aromatic carbocycles. The average molecular weight is 257 g/mol. The van der Waals surface area contributed by atoms with Crippen molar-refractivity contribution in [3.05, 3.63) is 12.7 Å². The molecule has 0 heterocycles. The van der Waals surface area contributed by atoms with Gasteiger partial charge in [-0.05, 0) is 40.2 Å². The van der Waals surface area contributed by atoms with E-state index in [9.17, 15) is 4.79 Å². The summed E-state index contributed by atoms with van der Waals surface area (Å²) in [4.78, 5) is 11.4. The summed E-state index contributed by atoms with van der Waals surface area (Å²) in [6.45, 7) is 11.1. The zero-order chi connectivity index (χ0) is 14.0. The van der Waals surface area contributed by atoms with Gasteiger partial charge in [0, 0.05) is 19.1 Å². The second kappa shape index (κ2) is 8.94. The lowest BCUT2D eigenvalue weighted by Gasteiger charge is -2.21. The van der Waals surface area contributed by atoms with Crippen LogP contribution in [0, 0.1) is 0 Å². The van der Waals surface area contributed by atoms with E-state index in [0.717, 1.165) is 19.4 Å². The number of ether oxygens (including phenoxy) is 1. The molecule has 1 amide bonds. The highest BCUT2D eigenvalue weighted by atomic mass is 16.6. The summed E-state index contributed by atoms with van der Waals surface area (Å²) in [7, 11) is 0. The molecule has 18 heavy (non-hydrogen) atoms. The molecule has 0 spiro atoms. The van der Waals surface area contributed by atoms with Gasteiger partial charge < -0.3 is 21.1 Å². The summed E-state index contributed by atoms with van der Waals surface area (Å²) in [6.07, 6.45) is 3.17. The molecule has 0 saturated heterocycles. The topological polar surface area (TPSA) is 76.4 Å². The van der Waals surface area contributed by atoms with Gasteiger partial charge in [0.2, 0.25) is 0 Å². The molecule has 1 atom stereocenters. The Balaban J connectivity index is 3.72. The molecule has 0 saturated carbocycles. The predicted octanol–water partition coefficient (Wildman–Crippen LogP) is 1.39. The number of hydrogen-bond donors (Lipinski definition) is 3. The van der Waals surface area contributed by atoms with Crippen LogP contribution in [0.1, 0.15) is 33.6 Å². The number of rotatable bonds is 8. The van der Waals surface area contributed by atoms with Gasteiger partial charge in [-0.2, -0.15) is 0 Å². The van der Waals surface area contributed by atoms with Gasteiger partial charge in [-0.1, -0.05) is 6.08 Å². The van der Waals surface area contributed by atoms with E-state index in [0.29, 0.717) is 13.1 Å². The maximum atomic E-state index is 11.4. The second-order valence-electron chi connectivity index (χ2n) is 5.18. The standard InChI is InChI=1S/C13H27N3O2/c1-5-6-8-15-11(10-14)7-9-16-12(17)18-13(2,3)4/h5,11,15H,1,6-10,14H2,2-4H3,(H,16,17). The summed E-state index contributed by atoms with van der Waals surface area (Å²) >= 11 is 0. The number of amides is 1. The molecule has 0 aliphatic heterocycles. The van der Waals surface area contributed by atoms with Gasteiger partial charge in [0.25, 0.3) is 0 Å². The fourth-order valence-electron chi connectivity index (χ4n) is 1.36. The molecule has 0 aliphatic carbocycles. The Morgan fingerprint density at radius 2 is 2.11 bits per heavy atom. The maximum absolute atomic E-state index is 11.4. The quantitative estimate of drug-likeness (QED) is 0.454. The second-order valence-corrected chi connectivity index (χ2v) is 5.18. The lowest BCUT2D eigenvalue weighted by atomic mass is 10.2. The summed E-state index contributed by atoms with van der Waals surface area (Å²) in [6, 6.07) is 0.208. The summed E-state index contributed by atoms with van der Waals surface area (Å²) in [5.41, 5.74) is 5.18. The molecule has 0 fully saturated rings. The van der Waals surface area contributed by atoms with Crippen molar-refractivity contribution in [3.8, 4) is 0 Å². The van der Waals surface area contributed by atoms with Gasteiger partial charge in [0.1, 0.15) is 5.60 Å². The van der Waals surface area contributed by atoms with Crippen LogP contribution in [0.3, 0.4) is 0 Å². The number of carbonyl (C=O) groups is 1. The number of hydrogen-bond acceptors (Lipinski definition) is 4. The molecule has 1 unspecified atom stereocenters. The predicted molar refractivity (Wildman–Crippen MR) is 74.5 cm³/mol. The summed E-state index contributed by atoms with van der Waals surface area (Å²) in [5.74, 6) is 0. The normalized spacial score (nSPS) is 12.9. The van der Waals surface area contributed by atoms with Crippen LogP contribution in [0.25, 0.3) is 0 Å². The first-order chi connectivity index (χ1) is 8.39. The molecule has 5 nitrogen and oxygen atoms in total. The van der Waals surface area contributed by atoms with Crippen LogP contribution >= 0.6 is 0 Å². The van der Waals surface area contributed by atoms with Gasteiger partial charge >= 0.3 is 6.09 Å². The molecule has 0 aromatic rings. The van der Waals surface area contributed by atoms with Crippen LogP contribution in [0.2, 0.25) is 0 Å². The van der Waals surface area contributed by atoms with E-state index in [-0.39, 0.29) is 12.1 Å². The molecule has 0 rings (SSSR count). The van der Waals surface area contributed by atoms with Crippen molar-refractivity contribution >= 4 is 6.09 Å². The number of alkyl carbamates (subject to hydrolysis) is 1. The first-order valence-corrected chi connectivity index (χ1v) is 6.40. The van der Waals surface area contributed by atoms with Crippen molar-refractivity contribution < 1.29 is 9.53 Å². The van der Waals surface area contributed by atoms with Crippen molar-refractivity contribution in [2.24, 2.45) is 5.73 Å². The molecule has 4 N–H and O–H groups in total. The van der Waals surface area contributed by atoms with Crippen molar-refractivity contribution in [3.63, 3.8) is 0 Å². The van der Waals surface area contributed by atoms with E-state index in [2.05, 4.69) is 17.2 Å². The number of nitrogens with two attached hydrogens (primary N) is 1. The van der Waals surface area contributed by atoms with Gasteiger partial charge in [-0.25, -0.2) is 4.79 Å². The van der Waals surface area contributed by atoms with Crippen molar-refractivity contribution in [1.82, 2.24) is 10.6 Å². The van der Waals surface area contributed by atoms with E-state index in [1.54, 1.807) is 0 Å². The van der Waals surface area contributed by atoms with Gasteiger partial charge in [0.05, 0.1) is 0 Å². The Hall–Kier alpha value is -1.07. The highest BCUT2D eigenvalue weighted by Crippen LogP contribution is 2.06. The number of nitrogens with one attached hydrogen (secondary N) is 2. The van der Waals surface area contributed by atoms with E-state index in [1.807, 2.05) is 26.8 Å². The lowest BCUT2D eigenvalue weighted by molar-refractivity contribution is 0.0526. The van der Waals surface area contributed by atoms with Gasteiger partial charge in [0.15, 0.2) is 0 Å². The molecule has 0 aliphatic rings. The van der Waals surface area contributed by atoms with Crippen molar-refractivity contribution in [2.45, 2.75) is 45.3 Å². The third kappa shape index (κ3) is 10.1.